The molecule has 0 aliphatic carbocycles. The zero-order valence-electron chi connectivity index (χ0n) is 9.07. The summed E-state index contributed by atoms with van der Waals surface area (Å²) in [6.45, 7) is 3.59. The van der Waals surface area contributed by atoms with Crippen molar-refractivity contribution in [3.63, 3.8) is 0 Å². The predicted molar refractivity (Wildman–Crippen MR) is 54.6 cm³/mol. The molecule has 1 N–H and O–H groups in total. The molecule has 0 aromatic heterocycles. The van der Waals surface area contributed by atoms with Gasteiger partial charge >= 0.3 is 0 Å². The number of nitrogens with one attached hydrogen (secondary N) is 1. The normalized spacial score (nSPS) is 31.9. The van der Waals surface area contributed by atoms with Gasteiger partial charge in [0.1, 0.15) is 6.10 Å². The summed E-state index contributed by atoms with van der Waals surface area (Å²) in [5, 5.41) is 3.16. The fraction of sp³-hybridized carbons (Fsp3) is 0.900. The van der Waals surface area contributed by atoms with Crippen molar-refractivity contribution in [2.24, 2.45) is 0 Å². The fourth-order valence-corrected chi connectivity index (χ4v) is 2.05. The van der Waals surface area contributed by atoms with E-state index in [1.54, 1.807) is 7.11 Å². The van der Waals surface area contributed by atoms with Gasteiger partial charge in [-0.25, -0.2) is 0 Å². The van der Waals surface area contributed by atoms with Crippen LogP contribution in [0.4, 0.5) is 0 Å². The van der Waals surface area contributed by atoms with Gasteiger partial charge in [0.2, 0.25) is 0 Å². The minimum absolute atomic E-state index is 0.0988. The van der Waals surface area contributed by atoms with Gasteiger partial charge in [-0.15, -0.1) is 0 Å². The number of nitrogens with zero attached hydrogens (tertiary/aromatic N) is 1. The summed E-state index contributed by atoms with van der Waals surface area (Å²) >= 11 is 0. The molecule has 0 radical (unpaired) electrons. The molecule has 2 heterocycles. The first-order valence-corrected chi connectivity index (χ1v) is 5.45. The van der Waals surface area contributed by atoms with Crippen LogP contribution in [0.3, 0.4) is 0 Å². The van der Waals surface area contributed by atoms with Gasteiger partial charge in [-0.3, -0.25) is 4.79 Å². The van der Waals surface area contributed by atoms with Gasteiger partial charge < -0.3 is 19.7 Å². The van der Waals surface area contributed by atoms with Crippen LogP contribution in [0.5, 0.6) is 0 Å². The summed E-state index contributed by atoms with van der Waals surface area (Å²) in [6.07, 6.45) is 0.836. The number of hydrogen-bond donors (Lipinski definition) is 1. The van der Waals surface area contributed by atoms with Crippen LogP contribution in [-0.4, -0.2) is 62.9 Å². The zero-order valence-corrected chi connectivity index (χ0v) is 9.07. The van der Waals surface area contributed by atoms with E-state index in [0.717, 1.165) is 19.5 Å². The molecule has 0 unspecified atom stereocenters. The molecule has 0 aromatic rings. The van der Waals surface area contributed by atoms with Crippen molar-refractivity contribution in [1.82, 2.24) is 10.2 Å². The summed E-state index contributed by atoms with van der Waals surface area (Å²) in [6, 6.07) is 0. The molecule has 2 fully saturated rings. The number of rotatable bonds is 2. The van der Waals surface area contributed by atoms with E-state index >= 15 is 0 Å². The van der Waals surface area contributed by atoms with E-state index in [2.05, 4.69) is 5.32 Å². The largest absolute Gasteiger partial charge is 0.380 e. The summed E-state index contributed by atoms with van der Waals surface area (Å²) < 4.78 is 10.7. The lowest BCUT2D eigenvalue weighted by atomic mass is 10.2. The first kappa shape index (κ1) is 10.9. The van der Waals surface area contributed by atoms with E-state index in [9.17, 15) is 4.79 Å². The molecule has 0 aromatic carbocycles. The average molecular weight is 214 g/mol. The second-order valence-corrected chi connectivity index (χ2v) is 3.99. The molecule has 2 aliphatic rings. The van der Waals surface area contributed by atoms with Crippen LogP contribution >= 0.6 is 0 Å². The Morgan fingerprint density at radius 2 is 2.47 bits per heavy atom. The standard InChI is InChI=1S/C10H18N2O3/c1-14-8-2-4-12(7-8)10(13)9-6-11-3-5-15-9/h8-9,11H,2-7H2,1H3/t8-,9+/m0/s1. The summed E-state index contributed by atoms with van der Waals surface area (Å²) in [4.78, 5) is 13.8. The molecule has 1 amide bonds. The van der Waals surface area contributed by atoms with Gasteiger partial charge in [0, 0.05) is 33.3 Å². The SMILES string of the molecule is CO[C@H]1CCN(C(=O)[C@H]2CNCCO2)C1. The zero-order chi connectivity index (χ0) is 10.7. The van der Waals surface area contributed by atoms with Crippen LogP contribution in [0.25, 0.3) is 0 Å². The molecule has 15 heavy (non-hydrogen) atoms. The molecule has 2 rings (SSSR count). The molecule has 2 aliphatic heterocycles. The number of hydrogen-bond acceptors (Lipinski definition) is 4. The van der Waals surface area contributed by atoms with Crippen molar-refractivity contribution in [3.8, 4) is 0 Å². The van der Waals surface area contributed by atoms with Gasteiger partial charge in [-0.1, -0.05) is 0 Å². The Hall–Kier alpha value is -0.650. The van der Waals surface area contributed by atoms with E-state index in [4.69, 9.17) is 9.47 Å². The third-order valence-corrected chi connectivity index (χ3v) is 2.99. The van der Waals surface area contributed by atoms with Crippen molar-refractivity contribution in [1.29, 1.82) is 0 Å². The van der Waals surface area contributed by atoms with E-state index in [1.165, 1.54) is 0 Å². The van der Waals surface area contributed by atoms with Crippen LogP contribution in [0, 0.1) is 0 Å². The van der Waals surface area contributed by atoms with Gasteiger partial charge in [0.25, 0.3) is 5.91 Å². The fourth-order valence-electron chi connectivity index (χ4n) is 2.05. The van der Waals surface area contributed by atoms with Crippen molar-refractivity contribution in [3.05, 3.63) is 0 Å². The van der Waals surface area contributed by atoms with E-state index in [-0.39, 0.29) is 18.1 Å². The average Bonchev–Trinajstić information content (AvgIpc) is 2.78. The summed E-state index contributed by atoms with van der Waals surface area (Å²) in [5.41, 5.74) is 0. The third-order valence-electron chi connectivity index (χ3n) is 2.99. The first-order chi connectivity index (χ1) is 7.31. The van der Waals surface area contributed by atoms with Gasteiger partial charge in [-0.2, -0.15) is 0 Å². The molecule has 5 nitrogen and oxygen atoms in total. The van der Waals surface area contributed by atoms with Crippen molar-refractivity contribution in [2.75, 3.05) is 39.9 Å². The van der Waals surface area contributed by atoms with Crippen molar-refractivity contribution < 1.29 is 14.3 Å². The highest BCUT2D eigenvalue weighted by Crippen LogP contribution is 2.14. The maximum Gasteiger partial charge on any atom is 0.253 e. The van der Waals surface area contributed by atoms with Crippen LogP contribution < -0.4 is 5.32 Å². The van der Waals surface area contributed by atoms with E-state index in [0.29, 0.717) is 19.7 Å². The topological polar surface area (TPSA) is 50.8 Å². The minimum Gasteiger partial charge on any atom is -0.380 e. The highest BCUT2D eigenvalue weighted by atomic mass is 16.5. The number of morpholine rings is 1. The van der Waals surface area contributed by atoms with Crippen LogP contribution in [0.15, 0.2) is 0 Å². The molecule has 86 valence electrons. The number of carbonyl (C=O) groups excluding carboxylic acids is 1. The number of methoxy groups -OCH3 is 1. The van der Waals surface area contributed by atoms with Crippen LogP contribution in [0.2, 0.25) is 0 Å². The third kappa shape index (κ3) is 2.48. The van der Waals surface area contributed by atoms with Crippen molar-refractivity contribution >= 4 is 5.91 Å². The highest BCUT2D eigenvalue weighted by molar-refractivity contribution is 5.81. The second kappa shape index (κ2) is 4.92. The number of carbonyl (C=O) groups is 1. The van der Waals surface area contributed by atoms with Crippen LogP contribution in [0.1, 0.15) is 6.42 Å². The first-order valence-electron chi connectivity index (χ1n) is 5.45. The Balaban J connectivity index is 1.85. The molecule has 2 atom stereocenters. The maximum atomic E-state index is 12.0. The Labute approximate surface area is 89.7 Å². The lowest BCUT2D eigenvalue weighted by molar-refractivity contribution is -0.144. The lowest BCUT2D eigenvalue weighted by Gasteiger charge is -2.27. The molecule has 0 bridgehead atoms. The Morgan fingerprint density at radius 1 is 1.60 bits per heavy atom. The van der Waals surface area contributed by atoms with Gasteiger partial charge in [0.05, 0.1) is 12.7 Å². The monoisotopic (exact) mass is 214 g/mol. The molecule has 5 heteroatoms. The predicted octanol–water partition coefficient (Wildman–Crippen LogP) is -0.778. The minimum atomic E-state index is -0.297. The summed E-state index contributed by atoms with van der Waals surface area (Å²) in [7, 11) is 1.69. The Bertz CT molecular complexity index is 229. The maximum absolute atomic E-state index is 12.0. The lowest BCUT2D eigenvalue weighted by Crippen LogP contribution is -2.49. The Kier molecular flexibility index (Phi) is 3.56. The molecular weight excluding hydrogens is 196 g/mol. The highest BCUT2D eigenvalue weighted by Gasteiger charge is 2.32. The summed E-state index contributed by atoms with van der Waals surface area (Å²) in [5.74, 6) is 0.0988. The number of likely N-dealkylation sites (tertiary alicyclic amines) is 1. The van der Waals surface area contributed by atoms with Gasteiger partial charge in [-0.05, 0) is 6.42 Å². The van der Waals surface area contributed by atoms with E-state index < -0.39 is 0 Å². The molecule has 0 saturated carbocycles. The quantitative estimate of drug-likeness (QED) is 0.655. The molecular formula is C10H18N2O3. The molecule has 2 saturated heterocycles. The number of amides is 1. The Morgan fingerprint density at radius 3 is 3.07 bits per heavy atom. The van der Waals surface area contributed by atoms with Gasteiger partial charge in [0.15, 0.2) is 0 Å². The smallest absolute Gasteiger partial charge is 0.253 e. The van der Waals surface area contributed by atoms with Crippen LogP contribution in [-0.2, 0) is 14.3 Å². The van der Waals surface area contributed by atoms with E-state index in [1.807, 2.05) is 4.90 Å². The van der Waals surface area contributed by atoms with Crippen molar-refractivity contribution in [2.45, 2.75) is 18.6 Å². The second-order valence-electron chi connectivity index (χ2n) is 3.99. The molecule has 0 spiro atoms. The number of ether oxygens (including phenoxy) is 2.